The van der Waals surface area contributed by atoms with Crippen molar-refractivity contribution in [2.45, 2.75) is 32.0 Å². The molecule has 1 saturated heterocycles. The lowest BCUT2D eigenvalue weighted by Crippen LogP contribution is -2.49. The van der Waals surface area contributed by atoms with Crippen molar-refractivity contribution in [3.8, 4) is 5.75 Å². The van der Waals surface area contributed by atoms with Crippen LogP contribution in [-0.4, -0.2) is 43.9 Å². The quantitative estimate of drug-likeness (QED) is 0.917. The maximum atomic E-state index is 13.7. The van der Waals surface area contributed by atoms with Crippen molar-refractivity contribution in [2.75, 3.05) is 26.8 Å². The van der Waals surface area contributed by atoms with Crippen molar-refractivity contribution in [3.05, 3.63) is 29.6 Å². The van der Waals surface area contributed by atoms with Gasteiger partial charge in [-0.3, -0.25) is 4.90 Å². The number of rotatable bonds is 4. The van der Waals surface area contributed by atoms with Crippen LogP contribution in [0, 0.1) is 5.82 Å². The van der Waals surface area contributed by atoms with Gasteiger partial charge in [0.2, 0.25) is 0 Å². The zero-order valence-corrected chi connectivity index (χ0v) is 12.3. The van der Waals surface area contributed by atoms with Gasteiger partial charge in [-0.1, -0.05) is 6.07 Å². The summed E-state index contributed by atoms with van der Waals surface area (Å²) >= 11 is 0. The number of hydrogen-bond donors (Lipinski definition) is 1. The molecule has 20 heavy (non-hydrogen) atoms. The Kier molecular flexibility index (Phi) is 4.96. The van der Waals surface area contributed by atoms with Crippen LogP contribution in [0.5, 0.6) is 5.75 Å². The van der Waals surface area contributed by atoms with Gasteiger partial charge >= 0.3 is 0 Å². The maximum Gasteiger partial charge on any atom is 0.165 e. The monoisotopic (exact) mass is 282 g/mol. The molecule has 1 fully saturated rings. The van der Waals surface area contributed by atoms with Gasteiger partial charge in [-0.05, 0) is 31.5 Å². The number of benzene rings is 1. The Morgan fingerprint density at radius 1 is 1.50 bits per heavy atom. The van der Waals surface area contributed by atoms with E-state index in [-0.39, 0.29) is 23.7 Å². The summed E-state index contributed by atoms with van der Waals surface area (Å²) in [6.45, 7) is 6.43. The van der Waals surface area contributed by atoms with Crippen LogP contribution in [0.15, 0.2) is 18.2 Å². The highest BCUT2D eigenvalue weighted by molar-refractivity contribution is 5.31. The van der Waals surface area contributed by atoms with E-state index in [9.17, 15) is 4.39 Å². The number of halogens is 1. The molecule has 1 aliphatic rings. The molecule has 0 amide bonds. The molecule has 0 bridgehead atoms. The van der Waals surface area contributed by atoms with Gasteiger partial charge in [0.25, 0.3) is 0 Å². The highest BCUT2D eigenvalue weighted by Crippen LogP contribution is 2.22. The molecule has 3 atom stereocenters. The highest BCUT2D eigenvalue weighted by atomic mass is 19.1. The van der Waals surface area contributed by atoms with Crippen LogP contribution in [0.4, 0.5) is 4.39 Å². The van der Waals surface area contributed by atoms with E-state index in [1.807, 2.05) is 6.07 Å². The molecule has 1 aliphatic heterocycles. The molecule has 1 aromatic carbocycles. The van der Waals surface area contributed by atoms with Crippen LogP contribution in [-0.2, 0) is 4.74 Å². The van der Waals surface area contributed by atoms with Gasteiger partial charge in [-0.2, -0.15) is 0 Å². The molecule has 112 valence electrons. The Labute approximate surface area is 119 Å². The maximum absolute atomic E-state index is 13.7. The molecule has 0 saturated carbocycles. The van der Waals surface area contributed by atoms with Crippen LogP contribution in [0.3, 0.4) is 0 Å². The Morgan fingerprint density at radius 3 is 2.90 bits per heavy atom. The molecule has 1 aromatic rings. The number of nitrogens with zero attached hydrogens (tertiary/aromatic N) is 1. The van der Waals surface area contributed by atoms with Crippen molar-refractivity contribution in [3.63, 3.8) is 0 Å². The van der Waals surface area contributed by atoms with E-state index in [1.165, 1.54) is 13.2 Å². The first-order valence-corrected chi connectivity index (χ1v) is 6.96. The number of hydrogen-bond acceptors (Lipinski definition) is 4. The van der Waals surface area contributed by atoms with E-state index in [4.69, 9.17) is 15.2 Å². The molecule has 3 unspecified atom stereocenters. The van der Waals surface area contributed by atoms with Crippen molar-refractivity contribution >= 4 is 0 Å². The van der Waals surface area contributed by atoms with E-state index in [2.05, 4.69) is 18.7 Å². The zero-order chi connectivity index (χ0) is 14.7. The van der Waals surface area contributed by atoms with Crippen LogP contribution >= 0.6 is 0 Å². The first-order chi connectivity index (χ1) is 9.51. The third-order valence-electron chi connectivity index (χ3n) is 3.77. The SMILES string of the molecule is COc1ccc(C(N)CN2CC(C)OCC2C)cc1F. The van der Waals surface area contributed by atoms with Gasteiger partial charge in [0.05, 0.1) is 19.8 Å². The molecular weight excluding hydrogens is 259 g/mol. The second-order valence-corrected chi connectivity index (χ2v) is 5.45. The molecule has 0 spiro atoms. The van der Waals surface area contributed by atoms with Crippen LogP contribution in [0.25, 0.3) is 0 Å². The predicted octanol–water partition coefficient (Wildman–Crippen LogP) is 1.94. The summed E-state index contributed by atoms with van der Waals surface area (Å²) in [7, 11) is 1.45. The van der Waals surface area contributed by atoms with Gasteiger partial charge in [0.1, 0.15) is 0 Å². The van der Waals surface area contributed by atoms with Crippen LogP contribution < -0.4 is 10.5 Å². The molecule has 0 aromatic heterocycles. The molecule has 1 heterocycles. The fraction of sp³-hybridized carbons (Fsp3) is 0.600. The first-order valence-electron chi connectivity index (χ1n) is 6.96. The topological polar surface area (TPSA) is 47.7 Å². The minimum absolute atomic E-state index is 0.214. The molecule has 2 N–H and O–H groups in total. The molecular formula is C15H23FN2O2. The molecule has 0 aliphatic carbocycles. The molecule has 5 heteroatoms. The molecule has 4 nitrogen and oxygen atoms in total. The molecule has 2 rings (SSSR count). The minimum Gasteiger partial charge on any atom is -0.494 e. The summed E-state index contributed by atoms with van der Waals surface area (Å²) in [4.78, 5) is 2.29. The fourth-order valence-corrected chi connectivity index (χ4v) is 2.50. The van der Waals surface area contributed by atoms with Crippen LogP contribution in [0.2, 0.25) is 0 Å². The summed E-state index contributed by atoms with van der Waals surface area (Å²) in [5.41, 5.74) is 6.99. The average Bonchev–Trinajstić information content (AvgIpc) is 2.42. The fourth-order valence-electron chi connectivity index (χ4n) is 2.50. The van der Waals surface area contributed by atoms with Gasteiger partial charge in [-0.15, -0.1) is 0 Å². The normalized spacial score (nSPS) is 25.4. The van der Waals surface area contributed by atoms with E-state index < -0.39 is 0 Å². The zero-order valence-electron chi connectivity index (χ0n) is 12.3. The Bertz CT molecular complexity index is 455. The number of nitrogens with two attached hydrogens (primary N) is 1. The standard InChI is InChI=1S/C15H23FN2O2/c1-10-9-20-11(2)7-18(10)8-14(17)12-4-5-15(19-3)13(16)6-12/h4-6,10-11,14H,7-9,17H2,1-3H3. The Balaban J connectivity index is 2.03. The van der Waals surface area contributed by atoms with E-state index in [0.29, 0.717) is 19.2 Å². The van der Waals surface area contributed by atoms with Gasteiger partial charge < -0.3 is 15.2 Å². The summed E-state index contributed by atoms with van der Waals surface area (Å²) in [6.07, 6.45) is 0.214. The van der Waals surface area contributed by atoms with Gasteiger partial charge in [0.15, 0.2) is 11.6 Å². The first kappa shape index (κ1) is 15.2. The highest BCUT2D eigenvalue weighted by Gasteiger charge is 2.25. The smallest absolute Gasteiger partial charge is 0.165 e. The summed E-state index contributed by atoms with van der Waals surface area (Å²) in [5, 5.41) is 0. The van der Waals surface area contributed by atoms with E-state index in [1.54, 1.807) is 6.07 Å². The van der Waals surface area contributed by atoms with Gasteiger partial charge in [0, 0.05) is 25.2 Å². The van der Waals surface area contributed by atoms with Crippen molar-refractivity contribution in [1.29, 1.82) is 0 Å². The summed E-state index contributed by atoms with van der Waals surface area (Å²) in [6, 6.07) is 5.01. The molecule has 0 radical (unpaired) electrons. The summed E-state index contributed by atoms with van der Waals surface area (Å²) < 4.78 is 24.2. The van der Waals surface area contributed by atoms with E-state index >= 15 is 0 Å². The second-order valence-electron chi connectivity index (χ2n) is 5.45. The average molecular weight is 282 g/mol. The van der Waals surface area contributed by atoms with Crippen LogP contribution in [0.1, 0.15) is 25.5 Å². The largest absolute Gasteiger partial charge is 0.494 e. The number of methoxy groups -OCH3 is 1. The van der Waals surface area contributed by atoms with Crippen molar-refractivity contribution in [1.82, 2.24) is 4.90 Å². The summed E-state index contributed by atoms with van der Waals surface area (Å²) in [5.74, 6) is -0.127. The van der Waals surface area contributed by atoms with Crippen molar-refractivity contribution in [2.24, 2.45) is 5.73 Å². The number of ether oxygens (including phenoxy) is 2. The minimum atomic E-state index is -0.371. The third kappa shape index (κ3) is 3.48. The lowest BCUT2D eigenvalue weighted by molar-refractivity contribution is -0.0510. The predicted molar refractivity (Wildman–Crippen MR) is 76.3 cm³/mol. The van der Waals surface area contributed by atoms with E-state index in [0.717, 1.165) is 12.1 Å². The third-order valence-corrected chi connectivity index (χ3v) is 3.77. The lowest BCUT2D eigenvalue weighted by atomic mass is 10.1. The Hall–Kier alpha value is -1.17. The lowest BCUT2D eigenvalue weighted by Gasteiger charge is -2.38. The second kappa shape index (κ2) is 6.52. The van der Waals surface area contributed by atoms with Gasteiger partial charge in [-0.25, -0.2) is 4.39 Å². The number of morpholine rings is 1. The van der Waals surface area contributed by atoms with Crippen molar-refractivity contribution < 1.29 is 13.9 Å². The Morgan fingerprint density at radius 2 is 2.25 bits per heavy atom.